The molecule has 5 N–H and O–H groups in total. The van der Waals surface area contributed by atoms with E-state index in [0.29, 0.717) is 17.6 Å². The highest BCUT2D eigenvalue weighted by atomic mass is 15.4. The van der Waals surface area contributed by atoms with E-state index < -0.39 is 0 Å². The molecule has 1 unspecified atom stereocenters. The molecule has 0 aliphatic heterocycles. The molecule has 0 amide bonds. The summed E-state index contributed by atoms with van der Waals surface area (Å²) in [6.07, 6.45) is 3.45. The van der Waals surface area contributed by atoms with Gasteiger partial charge in [-0.25, -0.2) is 15.8 Å². The second kappa shape index (κ2) is 8.18. The summed E-state index contributed by atoms with van der Waals surface area (Å²) < 4.78 is 1.89. The zero-order valence-corrected chi connectivity index (χ0v) is 16.8. The third-order valence-electron chi connectivity index (χ3n) is 4.79. The first-order valence-electron chi connectivity index (χ1n) is 9.45. The number of aromatic nitrogens is 4. The molecular formula is C21H23N9. The second-order valence-electron chi connectivity index (χ2n) is 6.90. The van der Waals surface area contributed by atoms with E-state index in [0.717, 1.165) is 22.2 Å². The van der Waals surface area contributed by atoms with Crippen molar-refractivity contribution < 1.29 is 0 Å². The Labute approximate surface area is 174 Å². The van der Waals surface area contributed by atoms with Crippen molar-refractivity contribution in [3.05, 3.63) is 78.2 Å². The zero-order valence-electron chi connectivity index (χ0n) is 16.8. The maximum absolute atomic E-state index is 5.83. The topological polar surface area (TPSA) is 123 Å². The zero-order chi connectivity index (χ0) is 21.1. The van der Waals surface area contributed by atoms with Gasteiger partial charge in [-0.1, -0.05) is 30.3 Å². The summed E-state index contributed by atoms with van der Waals surface area (Å²) in [5.41, 5.74) is 3.61. The van der Waals surface area contributed by atoms with Crippen molar-refractivity contribution in [3.63, 3.8) is 0 Å². The van der Waals surface area contributed by atoms with E-state index in [-0.39, 0.29) is 6.04 Å². The Morgan fingerprint density at radius 1 is 1.13 bits per heavy atom. The van der Waals surface area contributed by atoms with Crippen LogP contribution in [0.25, 0.3) is 16.9 Å². The average molecular weight is 401 g/mol. The number of rotatable bonds is 5. The van der Waals surface area contributed by atoms with Gasteiger partial charge < -0.3 is 11.2 Å². The molecule has 2 heterocycles. The lowest BCUT2D eigenvalue weighted by molar-refractivity contribution is 0.537. The molecule has 0 aliphatic rings. The Morgan fingerprint density at radius 3 is 2.67 bits per heavy atom. The number of nitrogens with zero attached hydrogens (tertiary/aromatic N) is 6. The molecule has 0 saturated carbocycles. The SMILES string of the molecule is CC(Nc1nccc(-n2cnc3ccc(/C(=N/N)N(C)N)cc32)n1)c1ccccc1. The number of hydrazone groups is 1. The van der Waals surface area contributed by atoms with E-state index >= 15 is 0 Å². The number of benzene rings is 2. The number of amidine groups is 1. The maximum atomic E-state index is 5.83. The Kier molecular flexibility index (Phi) is 5.27. The summed E-state index contributed by atoms with van der Waals surface area (Å²) in [5, 5.41) is 8.50. The molecule has 152 valence electrons. The Balaban J connectivity index is 1.68. The van der Waals surface area contributed by atoms with E-state index in [4.69, 9.17) is 11.7 Å². The van der Waals surface area contributed by atoms with Gasteiger partial charge in [0.25, 0.3) is 0 Å². The molecule has 9 heteroatoms. The van der Waals surface area contributed by atoms with E-state index in [1.54, 1.807) is 19.6 Å². The first-order chi connectivity index (χ1) is 14.6. The maximum Gasteiger partial charge on any atom is 0.225 e. The van der Waals surface area contributed by atoms with Crippen molar-refractivity contribution in [2.45, 2.75) is 13.0 Å². The monoisotopic (exact) mass is 401 g/mol. The van der Waals surface area contributed by atoms with Gasteiger partial charge in [0.1, 0.15) is 12.1 Å². The van der Waals surface area contributed by atoms with Crippen molar-refractivity contribution in [2.24, 2.45) is 16.8 Å². The van der Waals surface area contributed by atoms with Crippen molar-refractivity contribution in [1.82, 2.24) is 24.5 Å². The summed E-state index contributed by atoms with van der Waals surface area (Å²) >= 11 is 0. The molecule has 2 aromatic carbocycles. The lowest BCUT2D eigenvalue weighted by atomic mass is 10.1. The number of hydrogen-bond donors (Lipinski definition) is 3. The van der Waals surface area contributed by atoms with Crippen LogP contribution in [0.4, 0.5) is 5.95 Å². The summed E-state index contributed by atoms with van der Waals surface area (Å²) in [6.45, 7) is 2.07. The van der Waals surface area contributed by atoms with Crippen LogP contribution in [0.1, 0.15) is 24.1 Å². The largest absolute Gasteiger partial charge is 0.348 e. The lowest BCUT2D eigenvalue weighted by Crippen LogP contribution is -2.34. The van der Waals surface area contributed by atoms with Gasteiger partial charge >= 0.3 is 0 Å². The minimum absolute atomic E-state index is 0.0657. The normalized spacial score (nSPS) is 12.7. The molecule has 4 rings (SSSR count). The van der Waals surface area contributed by atoms with Crippen molar-refractivity contribution in [2.75, 3.05) is 12.4 Å². The summed E-state index contributed by atoms with van der Waals surface area (Å²) in [5.74, 6) is 13.0. The minimum Gasteiger partial charge on any atom is -0.348 e. The fourth-order valence-corrected chi connectivity index (χ4v) is 3.27. The molecule has 0 saturated heterocycles. The Hall–Kier alpha value is -3.98. The van der Waals surface area contributed by atoms with Gasteiger partial charge in [0.15, 0.2) is 5.84 Å². The molecular weight excluding hydrogens is 378 g/mol. The second-order valence-corrected chi connectivity index (χ2v) is 6.90. The fraction of sp³-hybridized carbons (Fsp3) is 0.143. The van der Waals surface area contributed by atoms with Gasteiger partial charge in [-0.3, -0.25) is 9.58 Å². The van der Waals surface area contributed by atoms with Crippen LogP contribution in [0, 0.1) is 0 Å². The van der Waals surface area contributed by atoms with E-state index in [1.165, 1.54) is 5.01 Å². The van der Waals surface area contributed by atoms with Crippen LogP contribution < -0.4 is 17.0 Å². The standard InChI is InChI=1S/C21H23N9/c1-14(15-6-4-3-5-7-15)26-21-24-11-10-19(27-21)30-13-25-17-9-8-16(12-18(17)30)20(28-22)29(2)23/h3-14H,22-23H2,1-2H3,(H,24,26,27)/b28-20-. The van der Waals surface area contributed by atoms with E-state index in [1.807, 2.05) is 47.0 Å². The van der Waals surface area contributed by atoms with Crippen LogP contribution in [0.15, 0.2) is 72.2 Å². The molecule has 0 fully saturated rings. The number of hydrazine groups is 1. The predicted molar refractivity (Wildman–Crippen MR) is 118 cm³/mol. The highest BCUT2D eigenvalue weighted by Gasteiger charge is 2.13. The van der Waals surface area contributed by atoms with E-state index in [9.17, 15) is 0 Å². The van der Waals surface area contributed by atoms with Gasteiger partial charge in [-0.15, -0.1) is 0 Å². The molecule has 0 spiro atoms. The van der Waals surface area contributed by atoms with E-state index in [2.05, 4.69) is 44.4 Å². The van der Waals surface area contributed by atoms with Gasteiger partial charge in [0, 0.05) is 18.8 Å². The van der Waals surface area contributed by atoms with Crippen molar-refractivity contribution in [3.8, 4) is 5.82 Å². The first kappa shape index (κ1) is 19.3. The van der Waals surface area contributed by atoms with Crippen LogP contribution in [0.3, 0.4) is 0 Å². The van der Waals surface area contributed by atoms with Gasteiger partial charge in [-0.2, -0.15) is 10.1 Å². The third kappa shape index (κ3) is 3.78. The molecule has 30 heavy (non-hydrogen) atoms. The molecule has 0 aliphatic carbocycles. The Bertz CT molecular complexity index is 1180. The van der Waals surface area contributed by atoms with Crippen LogP contribution >= 0.6 is 0 Å². The number of anilines is 1. The number of nitrogens with two attached hydrogens (primary N) is 2. The van der Waals surface area contributed by atoms with Crippen LogP contribution in [0.2, 0.25) is 0 Å². The molecule has 4 aromatic rings. The van der Waals surface area contributed by atoms with Crippen molar-refractivity contribution in [1.29, 1.82) is 0 Å². The fourth-order valence-electron chi connectivity index (χ4n) is 3.27. The lowest BCUT2D eigenvalue weighted by Gasteiger charge is -2.15. The van der Waals surface area contributed by atoms with Crippen LogP contribution in [0.5, 0.6) is 0 Å². The van der Waals surface area contributed by atoms with Gasteiger partial charge in [0.05, 0.1) is 17.1 Å². The Morgan fingerprint density at radius 2 is 1.93 bits per heavy atom. The molecule has 1 atom stereocenters. The number of nitrogens with one attached hydrogen (secondary N) is 1. The smallest absolute Gasteiger partial charge is 0.225 e. The van der Waals surface area contributed by atoms with Gasteiger partial charge in [0.2, 0.25) is 5.95 Å². The van der Waals surface area contributed by atoms with Gasteiger partial charge in [-0.05, 0) is 36.8 Å². The number of fused-ring (bicyclic) bond motifs is 1. The van der Waals surface area contributed by atoms with Crippen LogP contribution in [-0.2, 0) is 0 Å². The summed E-state index contributed by atoms with van der Waals surface area (Å²) in [7, 11) is 1.68. The average Bonchev–Trinajstić information content (AvgIpc) is 3.18. The quantitative estimate of drug-likeness (QED) is 0.203. The molecule has 2 aromatic heterocycles. The third-order valence-corrected chi connectivity index (χ3v) is 4.79. The number of imidazole rings is 1. The molecule has 0 radical (unpaired) electrons. The highest BCUT2D eigenvalue weighted by Crippen LogP contribution is 2.21. The summed E-state index contributed by atoms with van der Waals surface area (Å²) in [6, 6.07) is 17.8. The minimum atomic E-state index is 0.0657. The first-order valence-corrected chi connectivity index (χ1v) is 9.45. The highest BCUT2D eigenvalue weighted by molar-refractivity contribution is 6.00. The summed E-state index contributed by atoms with van der Waals surface area (Å²) in [4.78, 5) is 13.5. The molecule has 9 nitrogen and oxygen atoms in total. The molecule has 0 bridgehead atoms. The predicted octanol–water partition coefficient (Wildman–Crippen LogP) is 2.41. The number of hydrogen-bond acceptors (Lipinski definition) is 7. The van der Waals surface area contributed by atoms with Crippen LogP contribution in [-0.4, -0.2) is 37.4 Å². The van der Waals surface area contributed by atoms with Crippen molar-refractivity contribution >= 4 is 22.8 Å².